The molecule has 0 aliphatic heterocycles. The zero-order chi connectivity index (χ0) is 20.0. The Kier molecular flexibility index (Phi) is 7.41. The maximum Gasteiger partial charge on any atom is 0.317 e. The van der Waals surface area contributed by atoms with Gasteiger partial charge in [-0.25, -0.2) is 9.18 Å². The average Bonchev–Trinajstić information content (AvgIpc) is 2.54. The van der Waals surface area contributed by atoms with Crippen LogP contribution in [-0.2, 0) is 11.2 Å². The molecule has 1 fully saturated rings. The molecule has 3 N–H and O–H groups in total. The summed E-state index contributed by atoms with van der Waals surface area (Å²) in [5.74, 6) is -0.763. The third-order valence-electron chi connectivity index (χ3n) is 4.80. The number of benzene rings is 1. The Morgan fingerprint density at radius 2 is 2.07 bits per heavy atom. The molecule has 1 aromatic carbocycles. The summed E-state index contributed by atoms with van der Waals surface area (Å²) >= 11 is 0. The van der Waals surface area contributed by atoms with Gasteiger partial charge in [-0.05, 0) is 50.4 Å². The highest BCUT2D eigenvalue weighted by Gasteiger charge is 2.34. The lowest BCUT2D eigenvalue weighted by Gasteiger charge is -2.42. The number of carboxylic acids is 1. The molecule has 8 heteroatoms. The number of halogens is 1. The first-order chi connectivity index (χ1) is 12.8. The van der Waals surface area contributed by atoms with Gasteiger partial charge in [-0.1, -0.05) is 6.92 Å². The molecule has 0 saturated heterocycles. The second-order valence-electron chi connectivity index (χ2n) is 7.00. The topological polar surface area (TPSA) is 90.9 Å². The Bertz CT molecular complexity index is 664. The Labute approximate surface area is 158 Å². The van der Waals surface area contributed by atoms with Crippen LogP contribution in [0.25, 0.3) is 0 Å². The zero-order valence-electron chi connectivity index (χ0n) is 16.0. The first-order valence-corrected chi connectivity index (χ1v) is 9.17. The fourth-order valence-electron chi connectivity index (χ4n) is 3.39. The van der Waals surface area contributed by atoms with Crippen LogP contribution in [0, 0.1) is 5.82 Å². The predicted octanol–water partition coefficient (Wildman–Crippen LogP) is 2.00. The standard InChI is InChI=1S/C19H28FN3O4/c1-4-23(11-18(24)25)16-9-15(10-16)22-19(26)21-12(2)5-13-6-14(20)8-17(7-13)27-3/h6-8,12,15-16H,4-5,9-11H2,1-3H3,(H,24,25)(H2,21,22,26). The van der Waals surface area contributed by atoms with Crippen LogP contribution >= 0.6 is 0 Å². The average molecular weight is 381 g/mol. The van der Waals surface area contributed by atoms with Crippen molar-refractivity contribution in [2.75, 3.05) is 20.2 Å². The third-order valence-corrected chi connectivity index (χ3v) is 4.80. The van der Waals surface area contributed by atoms with Gasteiger partial charge in [-0.15, -0.1) is 0 Å². The van der Waals surface area contributed by atoms with Crippen molar-refractivity contribution in [1.29, 1.82) is 0 Å². The molecule has 2 rings (SSSR count). The summed E-state index contributed by atoms with van der Waals surface area (Å²) in [4.78, 5) is 24.9. The van der Waals surface area contributed by atoms with Gasteiger partial charge in [0.05, 0.1) is 13.7 Å². The van der Waals surface area contributed by atoms with E-state index in [1.54, 1.807) is 6.07 Å². The molecule has 0 radical (unpaired) electrons. The molecule has 0 bridgehead atoms. The lowest BCUT2D eigenvalue weighted by atomic mass is 9.85. The molecule has 0 spiro atoms. The van der Waals surface area contributed by atoms with Gasteiger partial charge >= 0.3 is 12.0 Å². The minimum absolute atomic E-state index is 0.0220. The minimum atomic E-state index is -0.839. The normalized spacial score (nSPS) is 19.9. The first kappa shape index (κ1) is 21.0. The number of nitrogens with zero attached hydrogens (tertiary/aromatic N) is 1. The van der Waals surface area contributed by atoms with E-state index in [9.17, 15) is 14.0 Å². The molecular weight excluding hydrogens is 353 g/mol. The van der Waals surface area contributed by atoms with E-state index in [1.165, 1.54) is 19.2 Å². The van der Waals surface area contributed by atoms with Crippen molar-refractivity contribution in [2.45, 2.75) is 51.2 Å². The predicted molar refractivity (Wildman–Crippen MR) is 99.5 cm³/mol. The summed E-state index contributed by atoms with van der Waals surface area (Å²) in [5.41, 5.74) is 0.746. The second kappa shape index (κ2) is 9.55. The highest BCUT2D eigenvalue weighted by Crippen LogP contribution is 2.25. The molecule has 1 atom stereocenters. The summed E-state index contributed by atoms with van der Waals surface area (Å²) in [6.07, 6.45) is 1.96. The van der Waals surface area contributed by atoms with Gasteiger partial charge in [-0.3, -0.25) is 9.69 Å². The van der Waals surface area contributed by atoms with E-state index >= 15 is 0 Å². The van der Waals surface area contributed by atoms with E-state index in [0.29, 0.717) is 18.7 Å². The number of ether oxygens (including phenoxy) is 1. The zero-order valence-corrected chi connectivity index (χ0v) is 16.0. The van der Waals surface area contributed by atoms with Crippen LogP contribution < -0.4 is 15.4 Å². The highest BCUT2D eigenvalue weighted by molar-refractivity contribution is 5.74. The molecule has 27 heavy (non-hydrogen) atoms. The number of hydrogen-bond donors (Lipinski definition) is 3. The van der Waals surface area contributed by atoms with Crippen molar-refractivity contribution in [1.82, 2.24) is 15.5 Å². The number of rotatable bonds is 9. The van der Waals surface area contributed by atoms with Crippen LogP contribution in [0.2, 0.25) is 0 Å². The van der Waals surface area contributed by atoms with Crippen molar-refractivity contribution >= 4 is 12.0 Å². The summed E-state index contributed by atoms with van der Waals surface area (Å²) in [6, 6.07) is 4.27. The van der Waals surface area contributed by atoms with E-state index in [4.69, 9.17) is 9.84 Å². The molecule has 2 amide bonds. The van der Waals surface area contributed by atoms with Crippen LogP contribution in [0.5, 0.6) is 5.75 Å². The number of carbonyl (C=O) groups is 2. The summed E-state index contributed by atoms with van der Waals surface area (Å²) in [6.45, 7) is 4.48. The van der Waals surface area contributed by atoms with Crippen molar-refractivity contribution in [3.05, 3.63) is 29.6 Å². The molecule has 0 heterocycles. The minimum Gasteiger partial charge on any atom is -0.497 e. The van der Waals surface area contributed by atoms with E-state index in [1.807, 2.05) is 18.7 Å². The van der Waals surface area contributed by atoms with Gasteiger partial charge < -0.3 is 20.5 Å². The molecule has 7 nitrogen and oxygen atoms in total. The monoisotopic (exact) mass is 381 g/mol. The van der Waals surface area contributed by atoms with Crippen LogP contribution in [0.1, 0.15) is 32.3 Å². The molecule has 1 aliphatic rings. The summed E-state index contributed by atoms with van der Waals surface area (Å²) in [5, 5.41) is 14.7. The van der Waals surface area contributed by atoms with Crippen molar-refractivity contribution in [3.63, 3.8) is 0 Å². The number of aliphatic carboxylic acids is 1. The third kappa shape index (κ3) is 6.39. The first-order valence-electron chi connectivity index (χ1n) is 9.17. The van der Waals surface area contributed by atoms with E-state index in [-0.39, 0.29) is 36.5 Å². The molecule has 0 aromatic heterocycles. The van der Waals surface area contributed by atoms with Crippen LogP contribution in [-0.4, -0.2) is 60.3 Å². The lowest BCUT2D eigenvalue weighted by molar-refractivity contribution is -0.139. The quantitative estimate of drug-likeness (QED) is 0.609. The number of likely N-dealkylation sites (N-methyl/N-ethyl adjacent to an activating group) is 1. The number of carboxylic acid groups (broad SMARTS) is 1. The SMILES string of the molecule is CCN(CC(=O)O)C1CC(NC(=O)NC(C)Cc2cc(F)cc(OC)c2)C1. The van der Waals surface area contributed by atoms with Gasteiger partial charge in [0.15, 0.2) is 0 Å². The Hall–Kier alpha value is -2.35. The van der Waals surface area contributed by atoms with E-state index in [0.717, 1.165) is 18.4 Å². The fourth-order valence-corrected chi connectivity index (χ4v) is 3.39. The molecule has 1 saturated carbocycles. The van der Waals surface area contributed by atoms with Gasteiger partial charge in [0, 0.05) is 24.2 Å². The van der Waals surface area contributed by atoms with Crippen molar-refractivity contribution in [2.24, 2.45) is 0 Å². The summed E-state index contributed by atoms with van der Waals surface area (Å²) < 4.78 is 18.6. The maximum atomic E-state index is 13.5. The van der Waals surface area contributed by atoms with Gasteiger partial charge in [-0.2, -0.15) is 0 Å². The number of nitrogens with one attached hydrogen (secondary N) is 2. The summed E-state index contributed by atoms with van der Waals surface area (Å²) in [7, 11) is 1.48. The highest BCUT2D eigenvalue weighted by atomic mass is 19.1. The number of urea groups is 1. The smallest absolute Gasteiger partial charge is 0.317 e. The van der Waals surface area contributed by atoms with E-state index < -0.39 is 5.97 Å². The number of methoxy groups -OCH3 is 1. The fraction of sp³-hybridized carbons (Fsp3) is 0.579. The molecule has 1 aliphatic carbocycles. The maximum absolute atomic E-state index is 13.5. The lowest BCUT2D eigenvalue weighted by Crippen LogP contribution is -2.57. The Morgan fingerprint density at radius 3 is 2.67 bits per heavy atom. The van der Waals surface area contributed by atoms with Gasteiger partial charge in [0.25, 0.3) is 0 Å². The molecule has 1 aromatic rings. The van der Waals surface area contributed by atoms with Crippen molar-refractivity contribution < 1.29 is 23.8 Å². The van der Waals surface area contributed by atoms with Crippen LogP contribution in [0.3, 0.4) is 0 Å². The molecular formula is C19H28FN3O4. The van der Waals surface area contributed by atoms with Crippen LogP contribution in [0.15, 0.2) is 18.2 Å². The van der Waals surface area contributed by atoms with Gasteiger partial charge in [0.2, 0.25) is 0 Å². The second-order valence-corrected chi connectivity index (χ2v) is 7.00. The van der Waals surface area contributed by atoms with Gasteiger partial charge in [0.1, 0.15) is 11.6 Å². The largest absolute Gasteiger partial charge is 0.497 e. The Balaban J connectivity index is 1.75. The van der Waals surface area contributed by atoms with Crippen LogP contribution in [0.4, 0.5) is 9.18 Å². The van der Waals surface area contributed by atoms with E-state index in [2.05, 4.69) is 10.6 Å². The number of amides is 2. The van der Waals surface area contributed by atoms with Crippen molar-refractivity contribution in [3.8, 4) is 5.75 Å². The number of carbonyl (C=O) groups excluding carboxylic acids is 1. The molecule has 150 valence electrons. The number of hydrogen-bond acceptors (Lipinski definition) is 4. The Morgan fingerprint density at radius 1 is 1.37 bits per heavy atom. The molecule has 1 unspecified atom stereocenters.